The van der Waals surface area contributed by atoms with Crippen LogP contribution in [0.15, 0.2) is 107 Å². The van der Waals surface area contributed by atoms with Gasteiger partial charge in [-0.05, 0) is 143 Å². The van der Waals surface area contributed by atoms with Crippen LogP contribution in [0.2, 0.25) is 10.0 Å². The minimum Gasteiger partial charge on any atom is -0.377 e. The van der Waals surface area contributed by atoms with Crippen molar-refractivity contribution in [2.75, 3.05) is 58.1 Å². The summed E-state index contributed by atoms with van der Waals surface area (Å²) in [7, 11) is -4.71. The van der Waals surface area contributed by atoms with Crippen LogP contribution in [0.5, 0.6) is 0 Å². The Hall–Kier alpha value is -11.2. The van der Waals surface area contributed by atoms with Crippen molar-refractivity contribution in [2.45, 2.75) is 133 Å². The van der Waals surface area contributed by atoms with E-state index in [0.717, 1.165) is 60.3 Å². The number of benzene rings is 4. The number of fused-ring (bicyclic) bond motifs is 9. The molecule has 630 valence electrons. The molecule has 17 rings (SSSR count). The molecule has 2 amide bonds. The first-order chi connectivity index (χ1) is 56.8. The summed E-state index contributed by atoms with van der Waals surface area (Å²) in [5, 5.41) is 23.1. The fourth-order valence-electron chi connectivity index (χ4n) is 16.8. The van der Waals surface area contributed by atoms with Crippen LogP contribution < -0.4 is 41.0 Å². The maximum Gasteiger partial charge on any atom is 0.293 e. The van der Waals surface area contributed by atoms with Crippen molar-refractivity contribution in [3.8, 4) is 11.4 Å². The number of hydrogen-bond acceptors (Lipinski definition) is 20. The second-order valence-electron chi connectivity index (χ2n) is 31.0. The van der Waals surface area contributed by atoms with Gasteiger partial charge in [0.05, 0.1) is 128 Å². The van der Waals surface area contributed by atoms with Gasteiger partial charge in [0, 0.05) is 75.9 Å². The minimum absolute atomic E-state index is 0.00186. The zero-order valence-corrected chi connectivity index (χ0v) is 68.3. The summed E-state index contributed by atoms with van der Waals surface area (Å²) in [6.07, 6.45) is 1.09. The SMILES string of the molecule is CC(C)n1ccc(CC(=O)N[C@@H](Cc2cc(F)cc(F)c2)c2nc3nc(N4C[C@@H](C)O[C@@H](C)C4)ccc3c(=O)n2-c2ccc(Cl)c3c(NS(C)(=O)=O)nn(C)c23)n1.Cn1nc(NS(C)(=O)=O)c2c(Cl)ccc(-n3c([C@H](Cc4cc(F)cc(F)c4)NC(=O)Cn4nc(C(F)F)c5c4C(F)(F)[C@@H]4C[C@H]54)nc4nc(N5C6CCC5COC6)ccc4c3=O)c21. The Labute approximate surface area is 687 Å². The summed E-state index contributed by atoms with van der Waals surface area (Å²) >= 11 is 13.3. The lowest BCUT2D eigenvalue weighted by Gasteiger charge is -2.36. The predicted molar refractivity (Wildman–Crippen MR) is 428 cm³/mol. The van der Waals surface area contributed by atoms with Gasteiger partial charge < -0.3 is 29.9 Å². The number of halogens is 10. The van der Waals surface area contributed by atoms with Crippen molar-refractivity contribution in [3.05, 3.63) is 197 Å². The fraction of sp³-hybridized carbons (Fsp3) is 0.385. The molecule has 2 aliphatic carbocycles. The van der Waals surface area contributed by atoms with E-state index in [1.54, 1.807) is 48.3 Å². The van der Waals surface area contributed by atoms with Gasteiger partial charge in [-0.3, -0.25) is 56.5 Å². The second-order valence-corrected chi connectivity index (χ2v) is 35.3. The largest absolute Gasteiger partial charge is 0.377 e. The van der Waals surface area contributed by atoms with Crippen LogP contribution in [0.1, 0.15) is 123 Å². The molecular weight excluding hydrogens is 1660 g/mol. The van der Waals surface area contributed by atoms with Crippen molar-refractivity contribution >= 4 is 122 Å². The Bertz CT molecular complexity index is 6500. The van der Waals surface area contributed by atoms with Crippen LogP contribution in [0, 0.1) is 29.2 Å². The Morgan fingerprint density at radius 3 is 1.59 bits per heavy atom. The molecule has 120 heavy (non-hydrogen) atoms. The molecule has 2 bridgehead atoms. The number of aromatic nitrogens is 14. The average molecular weight is 1740 g/mol. The molecule has 3 aliphatic heterocycles. The van der Waals surface area contributed by atoms with E-state index in [0.29, 0.717) is 54.4 Å². The molecule has 11 heterocycles. The smallest absolute Gasteiger partial charge is 0.293 e. The van der Waals surface area contributed by atoms with Crippen LogP contribution in [0.4, 0.5) is 58.4 Å². The number of amides is 2. The molecule has 30 nitrogen and oxygen atoms in total. The van der Waals surface area contributed by atoms with Crippen molar-refractivity contribution in [3.63, 3.8) is 0 Å². The molecule has 0 radical (unpaired) electrons. The monoisotopic (exact) mass is 1740 g/mol. The molecule has 5 aliphatic rings. The second kappa shape index (κ2) is 31.4. The van der Waals surface area contributed by atoms with Gasteiger partial charge in [0.2, 0.25) is 31.9 Å². The van der Waals surface area contributed by atoms with Crippen LogP contribution in [0.3, 0.4) is 0 Å². The van der Waals surface area contributed by atoms with Crippen molar-refractivity contribution in [1.29, 1.82) is 0 Å². The molecule has 4 fully saturated rings. The number of alkyl halides is 4. The summed E-state index contributed by atoms with van der Waals surface area (Å²) in [5.74, 6) is -10.3. The average Bonchev–Trinajstić information content (AvgIpc) is 1.51. The summed E-state index contributed by atoms with van der Waals surface area (Å²) in [5.41, 5.74) is -2.11. The Morgan fingerprint density at radius 2 is 1.12 bits per heavy atom. The topological polar surface area (TPSA) is 342 Å². The Balaban J connectivity index is 0.000000180. The van der Waals surface area contributed by atoms with E-state index in [4.69, 9.17) is 52.6 Å². The number of rotatable bonds is 22. The fourth-order valence-corrected chi connectivity index (χ4v) is 18.3. The van der Waals surface area contributed by atoms with E-state index >= 15 is 13.6 Å². The number of ether oxygens (including phenoxy) is 2. The number of hydrogen-bond donors (Lipinski definition) is 4. The number of aryl methyl sites for hydroxylation is 2. The molecular formula is C78H76Cl2F8N20O10S2. The van der Waals surface area contributed by atoms with E-state index in [1.807, 2.05) is 32.6 Å². The third-order valence-electron chi connectivity index (χ3n) is 21.6. The van der Waals surface area contributed by atoms with Gasteiger partial charge in [-0.1, -0.05) is 23.2 Å². The van der Waals surface area contributed by atoms with E-state index in [-0.39, 0.29) is 155 Å². The third kappa shape index (κ3) is 16.1. The molecule has 2 unspecified atom stereocenters. The summed E-state index contributed by atoms with van der Waals surface area (Å²) in [6, 6.07) is 17.0. The zero-order chi connectivity index (χ0) is 85.4. The first kappa shape index (κ1) is 82.5. The molecule has 12 aromatic rings. The zero-order valence-electron chi connectivity index (χ0n) is 65.1. The Kier molecular flexibility index (Phi) is 21.6. The van der Waals surface area contributed by atoms with Crippen molar-refractivity contribution in [1.82, 2.24) is 78.8 Å². The maximum absolute atomic E-state index is 15.6. The summed E-state index contributed by atoms with van der Waals surface area (Å²) in [4.78, 5) is 81.7. The summed E-state index contributed by atoms with van der Waals surface area (Å²) in [6.45, 7) is 8.81. The highest BCUT2D eigenvalue weighted by Gasteiger charge is 2.67. The van der Waals surface area contributed by atoms with Gasteiger partial charge in [0.25, 0.3) is 23.5 Å². The maximum atomic E-state index is 15.6. The predicted octanol–water partition coefficient (Wildman–Crippen LogP) is 10.8. The summed E-state index contributed by atoms with van der Waals surface area (Å²) < 4.78 is 191. The van der Waals surface area contributed by atoms with E-state index in [9.17, 15) is 57.6 Å². The lowest BCUT2D eigenvalue weighted by Crippen LogP contribution is -2.46. The molecule has 3 saturated heterocycles. The molecule has 4 aromatic carbocycles. The van der Waals surface area contributed by atoms with E-state index < -0.39 is 127 Å². The molecule has 1 saturated carbocycles. The number of pyridine rings is 2. The molecule has 8 aromatic heterocycles. The van der Waals surface area contributed by atoms with Gasteiger partial charge in [-0.25, -0.2) is 63.1 Å². The lowest BCUT2D eigenvalue weighted by atomic mass is 10.0. The number of sulfonamides is 2. The van der Waals surface area contributed by atoms with Crippen LogP contribution in [0.25, 0.3) is 55.2 Å². The van der Waals surface area contributed by atoms with Gasteiger partial charge >= 0.3 is 0 Å². The highest BCUT2D eigenvalue weighted by atomic mass is 35.5. The van der Waals surface area contributed by atoms with Crippen LogP contribution >= 0.6 is 23.2 Å². The van der Waals surface area contributed by atoms with Gasteiger partial charge in [0.15, 0.2) is 22.9 Å². The number of carbonyl (C=O) groups is 2. The minimum atomic E-state index is -3.91. The molecule has 42 heteroatoms. The number of morpholine rings is 2. The number of carbonyl (C=O) groups excluding carboxylic acids is 2. The molecule has 0 spiro atoms. The van der Waals surface area contributed by atoms with E-state index in [2.05, 4.69) is 45.4 Å². The quantitative estimate of drug-likeness (QED) is 0.0458. The van der Waals surface area contributed by atoms with Crippen molar-refractivity contribution in [2.24, 2.45) is 20.0 Å². The first-order valence-electron chi connectivity index (χ1n) is 38.0. The third-order valence-corrected chi connectivity index (χ3v) is 23.4. The molecule has 4 N–H and O–H groups in total. The standard InChI is InChI=1S/C40H35ClF6N10O5S.C38H41ClF2N10O5S/c1-54-33-27(7-6-25(41)31(33)37(52-54)53-63(2,60)61)57-38(50-36-22(39(57)59)5-8-28(49-36)56-20-3-4-21(56)16-62-15-20)26(11-17-9-18(42)12-19(43)10-17)48-29(58)14-55-34-30(32(51-55)35(44)45)23-13-24(23)40(34,46)47;1-20(2)50-12-11-26(45-50)17-32(52)42-29(15-23-13-24(40)16-25(41)14-23)37-44-35-27(7-10-31(43-35)49-18-21(3)56-22(4)19-49)38(53)51(37)30-9-8-28(39)33-34(30)48(5)46-36(33)47-57(6,54)55/h5-10,12,20-21,23-24,26,35H,3-4,11,13-16H2,1-2H3,(H,48,58)(H,52,53);7-14,16,20-22,29H,15,17-19H2,1-6H3,(H,42,52)(H,46,47)/t20?,21?,23-,24+,26-;21-,22+,29-/m00/s1. The number of nitrogens with zero attached hydrogens (tertiary/aromatic N) is 16. The van der Waals surface area contributed by atoms with E-state index in [1.165, 1.54) is 45.2 Å². The van der Waals surface area contributed by atoms with Crippen molar-refractivity contribution < 1.29 is 71.0 Å². The van der Waals surface area contributed by atoms with Crippen LogP contribution in [-0.4, -0.2) is 160 Å². The first-order valence-corrected chi connectivity index (χ1v) is 42.6. The van der Waals surface area contributed by atoms with Gasteiger partial charge in [-0.2, -0.15) is 29.2 Å². The van der Waals surface area contributed by atoms with Gasteiger partial charge in [-0.15, -0.1) is 0 Å². The highest BCUT2D eigenvalue weighted by molar-refractivity contribution is 7.92. The Morgan fingerprint density at radius 1 is 0.633 bits per heavy atom. The molecule has 8 atom stereocenters. The lowest BCUT2D eigenvalue weighted by molar-refractivity contribution is -0.123. The highest BCUT2D eigenvalue weighted by Crippen LogP contribution is 2.68. The number of nitrogens with one attached hydrogen (secondary N) is 4. The van der Waals surface area contributed by atoms with Crippen LogP contribution in [-0.2, 0) is 84.9 Å². The van der Waals surface area contributed by atoms with Gasteiger partial charge in [0.1, 0.15) is 64.5 Å². The number of anilines is 4. The normalized spacial score (nSPS) is 19.3.